The average molecular weight is 490 g/mol. The van der Waals surface area contributed by atoms with Crippen molar-refractivity contribution in [2.75, 3.05) is 24.4 Å². The Balaban J connectivity index is 1.76. The number of carbonyl (C=O) groups is 2. The second-order valence-electron chi connectivity index (χ2n) is 7.66. The van der Waals surface area contributed by atoms with Crippen molar-refractivity contribution in [2.24, 2.45) is 0 Å². The van der Waals surface area contributed by atoms with Gasteiger partial charge in [-0.1, -0.05) is 41.4 Å². The number of hydrogen-bond donors (Lipinski definition) is 2. The van der Waals surface area contributed by atoms with E-state index in [9.17, 15) is 14.9 Å². The predicted octanol–water partition coefficient (Wildman–Crippen LogP) is 5.53. The summed E-state index contributed by atoms with van der Waals surface area (Å²) < 4.78 is 10.9. The number of nitrogens with zero attached hydrogens (tertiary/aromatic N) is 1. The molecule has 0 aliphatic heterocycles. The van der Waals surface area contributed by atoms with Crippen LogP contribution in [0, 0.1) is 25.2 Å². The van der Waals surface area contributed by atoms with Crippen LogP contribution >= 0.6 is 11.6 Å². The Labute approximate surface area is 208 Å². The van der Waals surface area contributed by atoms with Gasteiger partial charge in [0.1, 0.15) is 23.1 Å². The molecule has 178 valence electrons. The lowest BCUT2D eigenvalue weighted by molar-refractivity contribution is -0.118. The summed E-state index contributed by atoms with van der Waals surface area (Å²) in [5.41, 5.74) is 3.30. The molecule has 0 aliphatic rings. The summed E-state index contributed by atoms with van der Waals surface area (Å²) in [7, 11) is 1.51. The second kappa shape index (κ2) is 11.7. The van der Waals surface area contributed by atoms with Crippen molar-refractivity contribution >= 4 is 40.9 Å². The van der Waals surface area contributed by atoms with E-state index in [1.54, 1.807) is 48.5 Å². The summed E-state index contributed by atoms with van der Waals surface area (Å²) in [6.45, 7) is 3.52. The Hall–Kier alpha value is -4.28. The number of nitrogens with one attached hydrogen (secondary N) is 2. The van der Waals surface area contributed by atoms with E-state index >= 15 is 0 Å². The van der Waals surface area contributed by atoms with Crippen LogP contribution in [-0.2, 0) is 9.59 Å². The number of anilines is 2. The molecule has 0 aliphatic carbocycles. The third-order valence-electron chi connectivity index (χ3n) is 5.01. The van der Waals surface area contributed by atoms with E-state index in [2.05, 4.69) is 10.6 Å². The van der Waals surface area contributed by atoms with E-state index in [0.29, 0.717) is 27.7 Å². The van der Waals surface area contributed by atoms with Gasteiger partial charge in [0.25, 0.3) is 11.8 Å². The first-order valence-corrected chi connectivity index (χ1v) is 11.0. The van der Waals surface area contributed by atoms with Crippen molar-refractivity contribution in [3.8, 4) is 17.6 Å². The number of halogens is 1. The summed E-state index contributed by atoms with van der Waals surface area (Å²) in [4.78, 5) is 25.2. The van der Waals surface area contributed by atoms with Crippen molar-refractivity contribution in [1.29, 1.82) is 5.26 Å². The van der Waals surface area contributed by atoms with Crippen molar-refractivity contribution in [2.45, 2.75) is 13.8 Å². The third kappa shape index (κ3) is 6.85. The summed E-state index contributed by atoms with van der Waals surface area (Å²) in [5, 5.41) is 15.5. The molecule has 0 unspecified atom stereocenters. The van der Waals surface area contributed by atoms with E-state index in [1.807, 2.05) is 32.0 Å². The van der Waals surface area contributed by atoms with Crippen LogP contribution < -0.4 is 20.1 Å². The largest absolute Gasteiger partial charge is 0.495 e. The quantitative estimate of drug-likeness (QED) is 0.320. The molecule has 8 heteroatoms. The zero-order chi connectivity index (χ0) is 25.4. The fraction of sp³-hybridized carbons (Fsp3) is 0.148. The zero-order valence-corrected chi connectivity index (χ0v) is 20.3. The normalized spacial score (nSPS) is 10.8. The Morgan fingerprint density at radius 3 is 2.49 bits per heavy atom. The molecule has 0 radical (unpaired) electrons. The first-order chi connectivity index (χ1) is 16.8. The number of hydrogen-bond acceptors (Lipinski definition) is 5. The molecule has 7 nitrogen and oxygen atoms in total. The van der Waals surface area contributed by atoms with Gasteiger partial charge in [-0.05, 0) is 61.9 Å². The maximum atomic E-state index is 12.8. The zero-order valence-electron chi connectivity index (χ0n) is 19.5. The molecule has 0 heterocycles. The van der Waals surface area contributed by atoms with Gasteiger partial charge in [0.2, 0.25) is 0 Å². The molecule has 3 aromatic carbocycles. The van der Waals surface area contributed by atoms with Gasteiger partial charge < -0.3 is 20.1 Å². The molecule has 0 saturated carbocycles. The Morgan fingerprint density at radius 1 is 1.00 bits per heavy atom. The van der Waals surface area contributed by atoms with Crippen molar-refractivity contribution < 1.29 is 19.1 Å². The summed E-state index contributed by atoms with van der Waals surface area (Å²) in [6.07, 6.45) is 1.37. The Kier molecular flexibility index (Phi) is 8.49. The fourth-order valence-electron chi connectivity index (χ4n) is 3.29. The highest BCUT2D eigenvalue weighted by Crippen LogP contribution is 2.27. The molecule has 0 saturated heterocycles. The molecular formula is C27H24ClN3O4. The molecular weight excluding hydrogens is 466 g/mol. The molecule has 0 fully saturated rings. The van der Waals surface area contributed by atoms with E-state index in [0.717, 1.165) is 11.1 Å². The highest BCUT2D eigenvalue weighted by atomic mass is 35.5. The van der Waals surface area contributed by atoms with Crippen molar-refractivity contribution in [1.82, 2.24) is 0 Å². The van der Waals surface area contributed by atoms with Crippen LogP contribution in [0.1, 0.15) is 16.7 Å². The number of rotatable bonds is 8. The Bertz CT molecular complexity index is 1330. The van der Waals surface area contributed by atoms with Crippen LogP contribution in [0.5, 0.6) is 11.5 Å². The van der Waals surface area contributed by atoms with Gasteiger partial charge in [0.05, 0.1) is 12.8 Å². The lowest BCUT2D eigenvalue weighted by atomic mass is 10.1. The van der Waals surface area contributed by atoms with E-state index in [1.165, 1.54) is 13.2 Å². The van der Waals surface area contributed by atoms with Crippen molar-refractivity contribution in [3.63, 3.8) is 0 Å². The Morgan fingerprint density at radius 2 is 1.77 bits per heavy atom. The van der Waals surface area contributed by atoms with Crippen molar-refractivity contribution in [3.05, 3.63) is 87.9 Å². The van der Waals surface area contributed by atoms with Gasteiger partial charge in [-0.2, -0.15) is 5.26 Å². The maximum Gasteiger partial charge on any atom is 0.266 e. The molecule has 0 bridgehead atoms. The van der Waals surface area contributed by atoms with Gasteiger partial charge in [0, 0.05) is 16.3 Å². The standard InChI is InChI=1S/C27H24ClN3O4/c1-17-8-10-22(18(2)12-17)31-27(33)20(15-29)13-19-14-21(28)9-11-24(19)35-16-26(32)30-23-6-4-5-7-25(23)34-3/h4-14H,16H2,1-3H3,(H,30,32)(H,31,33). The lowest BCUT2D eigenvalue weighted by Crippen LogP contribution is -2.20. The van der Waals surface area contributed by atoms with Gasteiger partial charge in [0.15, 0.2) is 6.61 Å². The number of carbonyl (C=O) groups excluding carboxylic acids is 2. The van der Waals surface area contributed by atoms with E-state index < -0.39 is 11.8 Å². The number of amides is 2. The monoisotopic (exact) mass is 489 g/mol. The molecule has 0 spiro atoms. The molecule has 2 amide bonds. The number of aryl methyl sites for hydroxylation is 2. The van der Waals surface area contributed by atoms with Crippen LogP contribution in [0.25, 0.3) is 6.08 Å². The maximum absolute atomic E-state index is 12.8. The molecule has 0 aromatic heterocycles. The number of nitriles is 1. The topological polar surface area (TPSA) is 100 Å². The molecule has 35 heavy (non-hydrogen) atoms. The first-order valence-electron chi connectivity index (χ1n) is 10.7. The predicted molar refractivity (Wildman–Crippen MR) is 137 cm³/mol. The smallest absolute Gasteiger partial charge is 0.266 e. The van der Waals surface area contributed by atoms with Gasteiger partial charge in [-0.25, -0.2) is 0 Å². The third-order valence-corrected chi connectivity index (χ3v) is 5.24. The number of ether oxygens (including phenoxy) is 2. The van der Waals surface area contributed by atoms with Crippen LogP contribution in [0.3, 0.4) is 0 Å². The summed E-state index contributed by atoms with van der Waals surface area (Å²) >= 11 is 6.13. The summed E-state index contributed by atoms with van der Waals surface area (Å²) in [5.74, 6) is -0.173. The van der Waals surface area contributed by atoms with Gasteiger partial charge in [-0.3, -0.25) is 9.59 Å². The number of benzene rings is 3. The number of para-hydroxylation sites is 2. The fourth-order valence-corrected chi connectivity index (χ4v) is 3.47. The summed E-state index contributed by atoms with van der Waals surface area (Å²) in [6, 6.07) is 19.2. The highest BCUT2D eigenvalue weighted by Gasteiger charge is 2.14. The number of methoxy groups -OCH3 is 1. The van der Waals surface area contributed by atoms with E-state index in [4.69, 9.17) is 21.1 Å². The molecule has 0 atom stereocenters. The average Bonchev–Trinajstić information content (AvgIpc) is 2.84. The lowest BCUT2D eigenvalue weighted by Gasteiger charge is -2.12. The van der Waals surface area contributed by atoms with Crippen LogP contribution in [-0.4, -0.2) is 25.5 Å². The minimum absolute atomic E-state index is 0.143. The van der Waals surface area contributed by atoms with Crippen LogP contribution in [0.4, 0.5) is 11.4 Å². The minimum atomic E-state index is -0.570. The molecule has 3 aromatic rings. The SMILES string of the molecule is COc1ccccc1NC(=O)COc1ccc(Cl)cc1C=C(C#N)C(=O)Nc1ccc(C)cc1C. The molecule has 2 N–H and O–H groups in total. The van der Waals surface area contributed by atoms with Gasteiger partial charge >= 0.3 is 0 Å². The van der Waals surface area contributed by atoms with Gasteiger partial charge in [-0.15, -0.1) is 0 Å². The minimum Gasteiger partial charge on any atom is -0.495 e. The highest BCUT2D eigenvalue weighted by molar-refractivity contribution is 6.30. The van der Waals surface area contributed by atoms with Crippen LogP contribution in [0.15, 0.2) is 66.2 Å². The molecule has 3 rings (SSSR count). The van der Waals surface area contributed by atoms with Crippen LogP contribution in [0.2, 0.25) is 5.02 Å². The second-order valence-corrected chi connectivity index (χ2v) is 8.10. The first kappa shape index (κ1) is 25.3. The van der Waals surface area contributed by atoms with E-state index in [-0.39, 0.29) is 17.9 Å².